The molecule has 0 aliphatic carbocycles. The maximum Gasteiger partial charge on any atom is 0.253 e. The van der Waals surface area contributed by atoms with E-state index in [9.17, 15) is 19.1 Å². The van der Waals surface area contributed by atoms with Crippen LogP contribution in [0.5, 0.6) is 0 Å². The highest BCUT2D eigenvalue weighted by Crippen LogP contribution is 2.27. The molecule has 2 saturated heterocycles. The topological polar surface area (TPSA) is 95.2 Å². The molecule has 0 saturated carbocycles. The van der Waals surface area contributed by atoms with E-state index < -0.39 is 11.9 Å². The van der Waals surface area contributed by atoms with Crippen molar-refractivity contribution in [2.24, 2.45) is 0 Å². The molecule has 2 aliphatic heterocycles. The number of hydrogen-bond donors (Lipinski definition) is 2. The number of morpholine rings is 1. The molecule has 0 unspecified atom stereocenters. The number of rotatable bonds is 6. The predicted octanol–water partition coefficient (Wildman–Crippen LogP) is 3.67. The number of likely N-dealkylation sites (tertiary alicyclic amines) is 1. The summed E-state index contributed by atoms with van der Waals surface area (Å²) in [5.74, 6) is -0.271. The second-order valence-electron chi connectivity index (χ2n) is 9.36. The van der Waals surface area contributed by atoms with E-state index in [2.05, 4.69) is 5.32 Å². The van der Waals surface area contributed by atoms with Crippen LogP contribution in [0.1, 0.15) is 28.8 Å². The van der Waals surface area contributed by atoms with Crippen LogP contribution < -0.4 is 15.6 Å². The minimum absolute atomic E-state index is 0.0239. The molecule has 1 amide bonds. The van der Waals surface area contributed by atoms with E-state index in [1.54, 1.807) is 29.2 Å². The predicted molar refractivity (Wildman–Crippen MR) is 140 cm³/mol. The molecule has 37 heavy (non-hydrogen) atoms. The molecule has 1 aromatic heterocycles. The smallest absolute Gasteiger partial charge is 0.253 e. The average molecular weight is 530 g/mol. The van der Waals surface area contributed by atoms with Crippen LogP contribution in [0.15, 0.2) is 45.6 Å². The van der Waals surface area contributed by atoms with Gasteiger partial charge in [0.25, 0.3) is 5.91 Å². The van der Waals surface area contributed by atoms with Crippen molar-refractivity contribution in [3.8, 4) is 0 Å². The summed E-state index contributed by atoms with van der Waals surface area (Å²) in [6, 6.07) is 9.53. The number of carbonyl (C=O) groups is 1. The molecule has 0 bridgehead atoms. The van der Waals surface area contributed by atoms with Crippen molar-refractivity contribution in [1.29, 1.82) is 0 Å². The van der Waals surface area contributed by atoms with Gasteiger partial charge in [-0.1, -0.05) is 17.7 Å². The van der Waals surface area contributed by atoms with Gasteiger partial charge in [0.05, 0.1) is 35.4 Å². The summed E-state index contributed by atoms with van der Waals surface area (Å²) in [5, 5.41) is 13.2. The van der Waals surface area contributed by atoms with Crippen molar-refractivity contribution in [2.45, 2.75) is 25.4 Å². The standard InChI is InChI=1S/C27H29ClFN3O5/c28-21-2-1-3-22(25(21)29)30-7-4-17-14-18(27(35)32-8-5-19(33)6-9-32)15-20-23(34)16-24(37-26(17)20)31-10-12-36-13-11-31/h1-3,14-16,19,30,33H,4-13H2. The molecule has 3 heterocycles. The Morgan fingerprint density at radius 1 is 1.14 bits per heavy atom. The first kappa shape index (κ1) is 25.5. The number of piperidine rings is 1. The summed E-state index contributed by atoms with van der Waals surface area (Å²) >= 11 is 5.90. The van der Waals surface area contributed by atoms with Crippen LogP contribution in [0.25, 0.3) is 11.0 Å². The molecular weight excluding hydrogens is 501 g/mol. The van der Waals surface area contributed by atoms with Crippen molar-refractivity contribution in [2.75, 3.05) is 56.2 Å². The van der Waals surface area contributed by atoms with E-state index in [1.165, 1.54) is 12.1 Å². The molecule has 2 fully saturated rings. The minimum Gasteiger partial charge on any atom is -0.440 e. The Hall–Kier alpha value is -3.14. The molecule has 0 radical (unpaired) electrons. The van der Waals surface area contributed by atoms with E-state index in [0.29, 0.717) is 93.2 Å². The molecule has 3 aromatic rings. The molecule has 5 rings (SSSR count). The van der Waals surface area contributed by atoms with Gasteiger partial charge in [-0.05, 0) is 49.1 Å². The first-order valence-corrected chi connectivity index (χ1v) is 12.9. The van der Waals surface area contributed by atoms with Gasteiger partial charge in [0.2, 0.25) is 0 Å². The highest BCUT2D eigenvalue weighted by Gasteiger charge is 2.25. The number of aliphatic hydroxyl groups excluding tert-OH is 1. The Morgan fingerprint density at radius 3 is 2.65 bits per heavy atom. The molecule has 8 nitrogen and oxygen atoms in total. The summed E-state index contributed by atoms with van der Waals surface area (Å²) in [4.78, 5) is 30.2. The fourth-order valence-electron chi connectivity index (χ4n) is 4.79. The second kappa shape index (κ2) is 11.1. The van der Waals surface area contributed by atoms with Gasteiger partial charge in [-0.15, -0.1) is 0 Å². The Kier molecular flexibility index (Phi) is 7.64. The Labute approximate surface area is 218 Å². The molecule has 0 spiro atoms. The molecule has 2 N–H and O–H groups in total. The van der Waals surface area contributed by atoms with Gasteiger partial charge in [0.15, 0.2) is 17.1 Å². The molecule has 2 aliphatic rings. The number of benzene rings is 2. The van der Waals surface area contributed by atoms with E-state index in [0.717, 1.165) is 0 Å². The van der Waals surface area contributed by atoms with E-state index in [4.69, 9.17) is 20.8 Å². The third kappa shape index (κ3) is 5.58. The molecule has 0 atom stereocenters. The summed E-state index contributed by atoms with van der Waals surface area (Å²) in [6.45, 7) is 3.53. The Bertz CT molecular complexity index is 1350. The van der Waals surface area contributed by atoms with Gasteiger partial charge in [0.1, 0.15) is 5.58 Å². The number of aliphatic hydroxyl groups is 1. The summed E-state index contributed by atoms with van der Waals surface area (Å²) < 4.78 is 26.0. The first-order chi connectivity index (χ1) is 17.9. The van der Waals surface area contributed by atoms with Crippen LogP contribution >= 0.6 is 11.6 Å². The van der Waals surface area contributed by atoms with Gasteiger partial charge < -0.3 is 29.4 Å². The van der Waals surface area contributed by atoms with Crippen molar-refractivity contribution in [3.05, 3.63) is 68.6 Å². The minimum atomic E-state index is -0.536. The lowest BCUT2D eigenvalue weighted by Gasteiger charge is -2.30. The third-order valence-electron chi connectivity index (χ3n) is 6.88. The number of nitrogens with one attached hydrogen (secondary N) is 1. The molecule has 2 aromatic carbocycles. The van der Waals surface area contributed by atoms with E-state index >= 15 is 0 Å². The fraction of sp³-hybridized carbons (Fsp3) is 0.407. The Balaban J connectivity index is 1.49. The van der Waals surface area contributed by atoms with Gasteiger partial charge in [-0.25, -0.2) is 4.39 Å². The van der Waals surface area contributed by atoms with Crippen LogP contribution in [0.2, 0.25) is 5.02 Å². The summed E-state index contributed by atoms with van der Waals surface area (Å²) in [7, 11) is 0. The van der Waals surface area contributed by atoms with Crippen LogP contribution in [0.4, 0.5) is 16.0 Å². The average Bonchev–Trinajstić information content (AvgIpc) is 2.91. The van der Waals surface area contributed by atoms with E-state index in [1.807, 2.05) is 4.90 Å². The number of carbonyl (C=O) groups excluding carboxylic acids is 1. The highest BCUT2D eigenvalue weighted by molar-refractivity contribution is 6.31. The summed E-state index contributed by atoms with van der Waals surface area (Å²) in [5.41, 5.74) is 1.50. The molecule has 10 heteroatoms. The number of ether oxygens (including phenoxy) is 1. The van der Waals surface area contributed by atoms with Crippen LogP contribution in [-0.4, -0.2) is 68.0 Å². The normalized spacial score (nSPS) is 16.8. The first-order valence-electron chi connectivity index (χ1n) is 12.5. The lowest BCUT2D eigenvalue weighted by Crippen LogP contribution is -2.40. The summed E-state index contributed by atoms with van der Waals surface area (Å²) in [6.07, 6.45) is 1.01. The van der Waals surface area contributed by atoms with Gasteiger partial charge in [-0.2, -0.15) is 0 Å². The van der Waals surface area contributed by atoms with Crippen LogP contribution in [-0.2, 0) is 11.2 Å². The zero-order valence-electron chi connectivity index (χ0n) is 20.3. The maximum atomic E-state index is 14.4. The van der Waals surface area contributed by atoms with E-state index in [-0.39, 0.29) is 22.0 Å². The number of amides is 1. The Morgan fingerprint density at radius 2 is 1.89 bits per heavy atom. The quantitative estimate of drug-likeness (QED) is 0.503. The number of nitrogens with zero attached hydrogens (tertiary/aromatic N) is 2. The van der Waals surface area contributed by atoms with Crippen molar-refractivity contribution < 1.29 is 23.4 Å². The van der Waals surface area contributed by atoms with Gasteiger partial charge in [-0.3, -0.25) is 9.59 Å². The number of anilines is 2. The lowest BCUT2D eigenvalue weighted by atomic mass is 10.0. The van der Waals surface area contributed by atoms with Crippen LogP contribution in [0.3, 0.4) is 0 Å². The zero-order chi connectivity index (χ0) is 25.9. The van der Waals surface area contributed by atoms with Crippen molar-refractivity contribution >= 4 is 40.0 Å². The van der Waals surface area contributed by atoms with Crippen molar-refractivity contribution in [3.63, 3.8) is 0 Å². The zero-order valence-corrected chi connectivity index (χ0v) is 21.1. The van der Waals surface area contributed by atoms with Crippen LogP contribution in [0, 0.1) is 5.82 Å². The lowest BCUT2D eigenvalue weighted by molar-refractivity contribution is 0.0546. The van der Waals surface area contributed by atoms with Gasteiger partial charge >= 0.3 is 0 Å². The number of fused-ring (bicyclic) bond motifs is 1. The maximum absolute atomic E-state index is 14.4. The number of hydrogen-bond acceptors (Lipinski definition) is 7. The third-order valence-corrected chi connectivity index (χ3v) is 7.17. The monoisotopic (exact) mass is 529 g/mol. The highest BCUT2D eigenvalue weighted by atomic mass is 35.5. The van der Waals surface area contributed by atoms with Crippen molar-refractivity contribution in [1.82, 2.24) is 4.90 Å². The molecular formula is C27H29ClFN3O5. The SMILES string of the molecule is O=C(c1cc(CCNc2cccc(Cl)c2F)c2oc(N3CCOCC3)cc(=O)c2c1)N1CCC(O)CC1. The number of halogens is 2. The largest absolute Gasteiger partial charge is 0.440 e. The fourth-order valence-corrected chi connectivity index (χ4v) is 4.96. The second-order valence-corrected chi connectivity index (χ2v) is 9.77. The molecule has 196 valence electrons. The van der Waals surface area contributed by atoms with Gasteiger partial charge in [0, 0.05) is 44.4 Å².